The van der Waals surface area contributed by atoms with E-state index in [2.05, 4.69) is 45.9 Å². The summed E-state index contributed by atoms with van der Waals surface area (Å²) < 4.78 is 2.15. The summed E-state index contributed by atoms with van der Waals surface area (Å²) in [7, 11) is 0. The molecule has 0 unspecified atom stereocenters. The van der Waals surface area contributed by atoms with Gasteiger partial charge in [0.05, 0.1) is 18.2 Å². The lowest BCUT2D eigenvalue weighted by atomic mass is 9.91. The van der Waals surface area contributed by atoms with E-state index in [1.54, 1.807) is 17.5 Å². The Labute approximate surface area is 128 Å². The predicted molar refractivity (Wildman–Crippen MR) is 87.2 cm³/mol. The molecular weight excluding hydrogens is 280 g/mol. The fourth-order valence-corrected chi connectivity index (χ4v) is 3.32. The van der Waals surface area contributed by atoms with Crippen molar-refractivity contribution in [1.82, 2.24) is 14.5 Å². The Morgan fingerprint density at radius 1 is 1.29 bits per heavy atom. The average Bonchev–Trinajstić information content (AvgIpc) is 3.10. The van der Waals surface area contributed by atoms with Gasteiger partial charge in [-0.25, -0.2) is 9.97 Å². The molecule has 3 aromatic rings. The second-order valence-corrected chi connectivity index (χ2v) is 6.65. The monoisotopic (exact) mass is 298 g/mol. The Kier molecular flexibility index (Phi) is 3.51. The van der Waals surface area contributed by atoms with Crippen LogP contribution in [0.3, 0.4) is 0 Å². The van der Waals surface area contributed by atoms with Gasteiger partial charge in [-0.1, -0.05) is 19.9 Å². The first-order valence-electron chi connectivity index (χ1n) is 6.83. The molecule has 0 radical (unpaired) electrons. The van der Waals surface area contributed by atoms with E-state index in [0.717, 1.165) is 17.8 Å². The van der Waals surface area contributed by atoms with Gasteiger partial charge in [-0.3, -0.25) is 0 Å². The minimum absolute atomic E-state index is 0.0422. The molecule has 0 amide bonds. The van der Waals surface area contributed by atoms with Crippen molar-refractivity contribution in [3.05, 3.63) is 53.2 Å². The van der Waals surface area contributed by atoms with Crippen LogP contribution in [0, 0.1) is 0 Å². The number of hydrogen-bond acceptors (Lipinski definition) is 4. The Bertz CT molecular complexity index is 728. The van der Waals surface area contributed by atoms with E-state index in [1.165, 1.54) is 4.88 Å². The third kappa shape index (κ3) is 2.69. The molecule has 21 heavy (non-hydrogen) atoms. The molecule has 0 aromatic carbocycles. The SMILES string of the molecule is CC(C)(Cn1cncc1-c1cccnc1N)c1cccs1. The number of nitrogens with zero attached hydrogens (tertiary/aromatic N) is 3. The Morgan fingerprint density at radius 3 is 2.86 bits per heavy atom. The summed E-state index contributed by atoms with van der Waals surface area (Å²) in [5, 5.41) is 2.12. The molecule has 108 valence electrons. The van der Waals surface area contributed by atoms with Crippen LogP contribution in [0.15, 0.2) is 48.4 Å². The number of anilines is 1. The van der Waals surface area contributed by atoms with Crippen LogP contribution in [0.5, 0.6) is 0 Å². The normalized spacial score (nSPS) is 11.7. The second kappa shape index (κ2) is 5.33. The minimum atomic E-state index is 0.0422. The number of imidazole rings is 1. The minimum Gasteiger partial charge on any atom is -0.383 e. The van der Waals surface area contributed by atoms with Crippen molar-refractivity contribution in [1.29, 1.82) is 0 Å². The quantitative estimate of drug-likeness (QED) is 0.801. The number of aromatic nitrogens is 3. The number of pyridine rings is 1. The first kappa shape index (κ1) is 13.8. The third-order valence-electron chi connectivity index (χ3n) is 3.58. The Balaban J connectivity index is 1.95. The van der Waals surface area contributed by atoms with Crippen LogP contribution in [0.1, 0.15) is 18.7 Å². The van der Waals surface area contributed by atoms with Gasteiger partial charge in [0, 0.05) is 28.6 Å². The summed E-state index contributed by atoms with van der Waals surface area (Å²) in [6, 6.07) is 8.15. The van der Waals surface area contributed by atoms with E-state index in [-0.39, 0.29) is 5.41 Å². The molecule has 2 N–H and O–H groups in total. The molecule has 0 bridgehead atoms. The van der Waals surface area contributed by atoms with Gasteiger partial charge in [0.2, 0.25) is 0 Å². The van der Waals surface area contributed by atoms with E-state index in [0.29, 0.717) is 5.82 Å². The second-order valence-electron chi connectivity index (χ2n) is 5.70. The lowest BCUT2D eigenvalue weighted by Crippen LogP contribution is -2.23. The van der Waals surface area contributed by atoms with Crippen molar-refractivity contribution >= 4 is 17.2 Å². The van der Waals surface area contributed by atoms with Crippen LogP contribution in [0.4, 0.5) is 5.82 Å². The summed E-state index contributed by atoms with van der Waals surface area (Å²) in [5.74, 6) is 0.535. The number of nitrogens with two attached hydrogens (primary N) is 1. The molecular formula is C16H18N4S. The number of nitrogen functional groups attached to an aromatic ring is 1. The molecule has 0 saturated heterocycles. The fourth-order valence-electron chi connectivity index (χ4n) is 2.47. The fraction of sp³-hybridized carbons (Fsp3) is 0.250. The molecule has 5 heteroatoms. The zero-order valence-corrected chi connectivity index (χ0v) is 13.0. The van der Waals surface area contributed by atoms with Gasteiger partial charge in [-0.05, 0) is 23.6 Å². The molecule has 0 aliphatic carbocycles. The molecule has 4 nitrogen and oxygen atoms in total. The molecule has 3 heterocycles. The summed E-state index contributed by atoms with van der Waals surface area (Å²) >= 11 is 1.79. The molecule has 0 atom stereocenters. The van der Waals surface area contributed by atoms with Gasteiger partial charge < -0.3 is 10.3 Å². The van der Waals surface area contributed by atoms with Crippen LogP contribution in [0.25, 0.3) is 11.3 Å². The molecule has 3 rings (SSSR count). The summed E-state index contributed by atoms with van der Waals surface area (Å²) in [5.41, 5.74) is 7.96. The first-order valence-corrected chi connectivity index (χ1v) is 7.71. The number of thiophene rings is 1. The average molecular weight is 298 g/mol. The molecule has 0 aliphatic rings. The van der Waals surface area contributed by atoms with Crippen molar-refractivity contribution in [2.45, 2.75) is 25.8 Å². The van der Waals surface area contributed by atoms with Crippen molar-refractivity contribution in [2.24, 2.45) is 0 Å². The number of rotatable bonds is 4. The van der Waals surface area contributed by atoms with Crippen LogP contribution in [-0.4, -0.2) is 14.5 Å². The highest BCUT2D eigenvalue weighted by atomic mass is 32.1. The first-order chi connectivity index (χ1) is 10.1. The zero-order valence-electron chi connectivity index (χ0n) is 12.2. The van der Waals surface area contributed by atoms with Crippen LogP contribution in [-0.2, 0) is 12.0 Å². The van der Waals surface area contributed by atoms with E-state index in [1.807, 2.05) is 24.7 Å². The summed E-state index contributed by atoms with van der Waals surface area (Å²) in [6.07, 6.45) is 5.41. The van der Waals surface area contributed by atoms with Crippen LogP contribution >= 0.6 is 11.3 Å². The molecule has 0 saturated carbocycles. The highest BCUT2D eigenvalue weighted by Gasteiger charge is 2.24. The maximum atomic E-state index is 5.99. The van der Waals surface area contributed by atoms with Crippen molar-refractivity contribution in [2.75, 3.05) is 5.73 Å². The van der Waals surface area contributed by atoms with Crippen molar-refractivity contribution in [3.8, 4) is 11.3 Å². The highest BCUT2D eigenvalue weighted by Crippen LogP contribution is 2.31. The molecule has 0 aliphatic heterocycles. The smallest absolute Gasteiger partial charge is 0.132 e. The zero-order chi connectivity index (χ0) is 14.9. The topological polar surface area (TPSA) is 56.7 Å². The third-order valence-corrected chi connectivity index (χ3v) is 4.82. The van der Waals surface area contributed by atoms with Crippen LogP contribution in [0.2, 0.25) is 0 Å². The molecule has 0 fully saturated rings. The van der Waals surface area contributed by atoms with Crippen molar-refractivity contribution in [3.63, 3.8) is 0 Å². The predicted octanol–water partition coefficient (Wildman–Crippen LogP) is 3.57. The van der Waals surface area contributed by atoms with E-state index >= 15 is 0 Å². The van der Waals surface area contributed by atoms with Gasteiger partial charge in [0.1, 0.15) is 5.82 Å². The standard InChI is InChI=1S/C16H18N4S/c1-16(2,14-6-4-8-21-14)10-20-11-18-9-13(20)12-5-3-7-19-15(12)17/h3-9,11H,10H2,1-2H3,(H2,17,19). The largest absolute Gasteiger partial charge is 0.383 e. The highest BCUT2D eigenvalue weighted by molar-refractivity contribution is 7.10. The van der Waals surface area contributed by atoms with Crippen molar-refractivity contribution < 1.29 is 0 Å². The number of hydrogen-bond donors (Lipinski definition) is 1. The maximum Gasteiger partial charge on any atom is 0.132 e. The van der Waals surface area contributed by atoms with Gasteiger partial charge in [-0.2, -0.15) is 0 Å². The van der Waals surface area contributed by atoms with Gasteiger partial charge in [-0.15, -0.1) is 11.3 Å². The van der Waals surface area contributed by atoms with E-state index < -0.39 is 0 Å². The van der Waals surface area contributed by atoms with E-state index in [4.69, 9.17) is 5.73 Å². The summed E-state index contributed by atoms with van der Waals surface area (Å²) in [4.78, 5) is 9.81. The molecule has 0 spiro atoms. The van der Waals surface area contributed by atoms with Gasteiger partial charge >= 0.3 is 0 Å². The lowest BCUT2D eigenvalue weighted by Gasteiger charge is -2.25. The summed E-state index contributed by atoms with van der Waals surface area (Å²) in [6.45, 7) is 5.33. The van der Waals surface area contributed by atoms with Gasteiger partial charge in [0.15, 0.2) is 0 Å². The van der Waals surface area contributed by atoms with Gasteiger partial charge in [0.25, 0.3) is 0 Å². The van der Waals surface area contributed by atoms with E-state index in [9.17, 15) is 0 Å². The van der Waals surface area contributed by atoms with Crippen LogP contribution < -0.4 is 5.73 Å². The lowest BCUT2D eigenvalue weighted by molar-refractivity contribution is 0.445. The molecule has 3 aromatic heterocycles. The Hall–Kier alpha value is -2.14. The maximum absolute atomic E-state index is 5.99. The Morgan fingerprint density at radius 2 is 2.14 bits per heavy atom.